The third-order valence-electron chi connectivity index (χ3n) is 6.67. The molecule has 3 fully saturated rings. The highest BCUT2D eigenvalue weighted by Crippen LogP contribution is 2.45. The highest BCUT2D eigenvalue weighted by molar-refractivity contribution is 7.15. The molecule has 4 heterocycles. The van der Waals surface area contributed by atoms with E-state index in [0.29, 0.717) is 12.1 Å². The van der Waals surface area contributed by atoms with Gasteiger partial charge in [-0.25, -0.2) is 0 Å². The highest BCUT2D eigenvalue weighted by atomic mass is 32.1. The lowest BCUT2D eigenvalue weighted by atomic mass is 9.74. The smallest absolute Gasteiger partial charge is 0.208 e. The van der Waals surface area contributed by atoms with Gasteiger partial charge in [0.25, 0.3) is 0 Å². The second kappa shape index (κ2) is 7.06. The largest absolute Gasteiger partial charge is 0.497 e. The van der Waals surface area contributed by atoms with Gasteiger partial charge in [-0.3, -0.25) is 4.90 Å². The number of piperidine rings is 3. The number of nitrogens with zero attached hydrogens (tertiary/aromatic N) is 4. The van der Waals surface area contributed by atoms with Crippen LogP contribution in [0.5, 0.6) is 5.75 Å². The molecule has 5 nitrogen and oxygen atoms in total. The molecule has 144 valence electrons. The number of aryl methyl sites for hydroxylation is 1. The van der Waals surface area contributed by atoms with Crippen LogP contribution in [0, 0.1) is 18.8 Å². The summed E-state index contributed by atoms with van der Waals surface area (Å²) in [5.41, 5.74) is 1.46. The molecule has 0 amide bonds. The average molecular weight is 385 g/mol. The topological polar surface area (TPSA) is 41.5 Å². The van der Waals surface area contributed by atoms with Crippen LogP contribution in [0.15, 0.2) is 24.3 Å². The summed E-state index contributed by atoms with van der Waals surface area (Å²) in [4.78, 5) is 5.35. The van der Waals surface area contributed by atoms with Gasteiger partial charge in [-0.1, -0.05) is 23.5 Å². The van der Waals surface area contributed by atoms with Gasteiger partial charge in [0.1, 0.15) is 10.8 Å². The van der Waals surface area contributed by atoms with Crippen molar-refractivity contribution in [1.29, 1.82) is 0 Å². The molecule has 6 heteroatoms. The number of ether oxygens (including phenoxy) is 1. The molecule has 0 radical (unpaired) electrons. The maximum absolute atomic E-state index is 5.35. The summed E-state index contributed by atoms with van der Waals surface area (Å²) >= 11 is 1.74. The van der Waals surface area contributed by atoms with E-state index in [1.165, 1.54) is 37.8 Å². The zero-order chi connectivity index (χ0) is 18.4. The van der Waals surface area contributed by atoms with E-state index in [1.54, 1.807) is 18.4 Å². The van der Waals surface area contributed by atoms with Crippen molar-refractivity contribution >= 4 is 16.5 Å². The molecule has 2 bridgehead atoms. The maximum Gasteiger partial charge on any atom is 0.208 e. The van der Waals surface area contributed by atoms with Crippen LogP contribution in [0.3, 0.4) is 0 Å². The minimum absolute atomic E-state index is 0.565. The predicted molar refractivity (Wildman–Crippen MR) is 109 cm³/mol. The second-order valence-corrected chi connectivity index (χ2v) is 9.51. The molecule has 3 saturated heterocycles. The molecule has 5 rings (SSSR count). The third kappa shape index (κ3) is 3.23. The molecule has 0 spiro atoms. The second-order valence-electron chi connectivity index (χ2n) is 8.35. The Balaban J connectivity index is 1.37. The van der Waals surface area contributed by atoms with E-state index in [1.807, 2.05) is 6.92 Å². The molecule has 0 saturated carbocycles. The number of aromatic nitrogens is 2. The third-order valence-corrected chi connectivity index (χ3v) is 7.57. The average Bonchev–Trinajstić information content (AvgIpc) is 3.14. The van der Waals surface area contributed by atoms with Gasteiger partial charge in [-0.2, -0.15) is 0 Å². The molecule has 3 aliphatic heterocycles. The van der Waals surface area contributed by atoms with Crippen molar-refractivity contribution in [2.45, 2.75) is 44.7 Å². The first-order chi connectivity index (χ1) is 13.2. The zero-order valence-electron chi connectivity index (χ0n) is 16.2. The highest BCUT2D eigenvalue weighted by Gasteiger charge is 2.45. The van der Waals surface area contributed by atoms with E-state index < -0.39 is 0 Å². The lowest BCUT2D eigenvalue weighted by molar-refractivity contribution is -0.0200. The molecule has 2 aromatic rings. The van der Waals surface area contributed by atoms with Crippen LogP contribution in [0.4, 0.5) is 5.13 Å². The SMILES string of the molecule is COc1ccc([C@H]2CCC[C@H]3[C@@H]4C[C@@H](CN(c5nnc(C)s5)C4)CN23)cc1. The Hall–Kier alpha value is -1.66. The number of fused-ring (bicyclic) bond motifs is 4. The first kappa shape index (κ1) is 17.4. The van der Waals surface area contributed by atoms with Crippen molar-refractivity contribution in [2.75, 3.05) is 31.6 Å². The van der Waals surface area contributed by atoms with Crippen molar-refractivity contribution in [3.05, 3.63) is 34.8 Å². The Morgan fingerprint density at radius 3 is 2.67 bits per heavy atom. The molecule has 3 aliphatic rings. The minimum atomic E-state index is 0.565. The number of benzene rings is 1. The van der Waals surface area contributed by atoms with Gasteiger partial charge in [0, 0.05) is 31.7 Å². The van der Waals surface area contributed by atoms with Crippen LogP contribution in [0.25, 0.3) is 0 Å². The first-order valence-electron chi connectivity index (χ1n) is 10.2. The van der Waals surface area contributed by atoms with Crippen molar-refractivity contribution in [2.24, 2.45) is 11.8 Å². The van der Waals surface area contributed by atoms with E-state index in [-0.39, 0.29) is 0 Å². The molecule has 0 aliphatic carbocycles. The van der Waals surface area contributed by atoms with Crippen molar-refractivity contribution in [3.8, 4) is 5.75 Å². The van der Waals surface area contributed by atoms with Gasteiger partial charge in [-0.05, 0) is 62.1 Å². The molecule has 1 aromatic carbocycles. The number of rotatable bonds is 3. The summed E-state index contributed by atoms with van der Waals surface area (Å²) in [6.45, 7) is 5.53. The Morgan fingerprint density at radius 1 is 1.07 bits per heavy atom. The summed E-state index contributed by atoms with van der Waals surface area (Å²) in [6.07, 6.45) is 5.33. The normalized spacial score (nSPS) is 30.8. The van der Waals surface area contributed by atoms with Crippen LogP contribution < -0.4 is 9.64 Å². The summed E-state index contributed by atoms with van der Waals surface area (Å²) in [5.74, 6) is 2.44. The molecular weight excluding hydrogens is 356 g/mol. The summed E-state index contributed by atoms with van der Waals surface area (Å²) in [7, 11) is 1.74. The number of hydrogen-bond acceptors (Lipinski definition) is 6. The van der Waals surface area contributed by atoms with Crippen LogP contribution in [-0.2, 0) is 0 Å². The lowest BCUT2D eigenvalue weighted by Crippen LogP contribution is -2.59. The molecule has 0 N–H and O–H groups in total. The summed E-state index contributed by atoms with van der Waals surface area (Å²) in [5, 5.41) is 10.9. The Morgan fingerprint density at radius 2 is 1.93 bits per heavy atom. The van der Waals surface area contributed by atoms with Gasteiger partial charge in [-0.15, -0.1) is 10.2 Å². The number of methoxy groups -OCH3 is 1. The van der Waals surface area contributed by atoms with Gasteiger partial charge in [0.15, 0.2) is 0 Å². The Bertz CT molecular complexity index is 792. The Labute approximate surface area is 165 Å². The Kier molecular flexibility index (Phi) is 4.56. The fraction of sp³-hybridized carbons (Fsp3) is 0.619. The lowest BCUT2D eigenvalue weighted by Gasteiger charge is -2.55. The standard InChI is InChI=1S/C21H28N4OS/c1-14-22-23-21(27-14)24-11-15-10-17(13-24)20-5-3-4-19(25(20)12-15)16-6-8-18(26-2)9-7-16/h6-9,15,17,19-20H,3-5,10-13H2,1-2H3/t15-,17+,19+,20-/m0/s1. The van der Waals surface area contributed by atoms with E-state index in [0.717, 1.165) is 40.8 Å². The predicted octanol–water partition coefficient (Wildman–Crippen LogP) is 3.91. The summed E-state index contributed by atoms with van der Waals surface area (Å²) < 4.78 is 5.35. The van der Waals surface area contributed by atoms with Gasteiger partial charge >= 0.3 is 0 Å². The fourth-order valence-electron chi connectivity index (χ4n) is 5.56. The van der Waals surface area contributed by atoms with Gasteiger partial charge in [0.2, 0.25) is 5.13 Å². The molecule has 4 atom stereocenters. The fourth-order valence-corrected chi connectivity index (χ4v) is 6.27. The summed E-state index contributed by atoms with van der Waals surface area (Å²) in [6, 6.07) is 10.0. The molecule has 0 unspecified atom stereocenters. The minimum Gasteiger partial charge on any atom is -0.497 e. The first-order valence-corrected chi connectivity index (χ1v) is 11.0. The maximum atomic E-state index is 5.35. The zero-order valence-corrected chi connectivity index (χ0v) is 17.0. The van der Waals surface area contributed by atoms with E-state index in [2.05, 4.69) is 44.3 Å². The monoisotopic (exact) mass is 384 g/mol. The molecule has 27 heavy (non-hydrogen) atoms. The van der Waals surface area contributed by atoms with Crippen molar-refractivity contribution in [1.82, 2.24) is 15.1 Å². The van der Waals surface area contributed by atoms with Crippen LogP contribution in [0.1, 0.15) is 42.3 Å². The van der Waals surface area contributed by atoms with Crippen molar-refractivity contribution in [3.63, 3.8) is 0 Å². The van der Waals surface area contributed by atoms with Gasteiger partial charge < -0.3 is 9.64 Å². The quantitative estimate of drug-likeness (QED) is 0.803. The van der Waals surface area contributed by atoms with E-state index in [4.69, 9.17) is 4.74 Å². The van der Waals surface area contributed by atoms with Crippen LogP contribution in [-0.4, -0.2) is 47.9 Å². The molecular formula is C21H28N4OS. The number of hydrogen-bond donors (Lipinski definition) is 0. The van der Waals surface area contributed by atoms with Crippen LogP contribution in [0.2, 0.25) is 0 Å². The van der Waals surface area contributed by atoms with Crippen LogP contribution >= 0.6 is 11.3 Å². The number of anilines is 1. The van der Waals surface area contributed by atoms with E-state index in [9.17, 15) is 0 Å². The molecule has 1 aromatic heterocycles. The van der Waals surface area contributed by atoms with Gasteiger partial charge in [0.05, 0.1) is 7.11 Å². The van der Waals surface area contributed by atoms with Crippen molar-refractivity contribution < 1.29 is 4.74 Å². The van der Waals surface area contributed by atoms with E-state index >= 15 is 0 Å².